The first-order chi connectivity index (χ1) is 9.19. The van der Waals surface area contributed by atoms with Gasteiger partial charge in [0, 0.05) is 32.4 Å². The minimum Gasteiger partial charge on any atom is -0.374 e. The van der Waals surface area contributed by atoms with E-state index in [-0.39, 0.29) is 5.82 Å². The molecule has 2 N–H and O–H groups in total. The first kappa shape index (κ1) is 14.3. The van der Waals surface area contributed by atoms with Crippen molar-refractivity contribution >= 4 is 5.69 Å². The van der Waals surface area contributed by atoms with Gasteiger partial charge in [0.2, 0.25) is 0 Å². The Labute approximate surface area is 115 Å². The Kier molecular flexibility index (Phi) is 5.16. The average molecular weight is 265 g/mol. The SMILES string of the molecule is CN(CC1CCN(CCN)CC1)c1ccc(F)cc1. The quantitative estimate of drug-likeness (QED) is 0.883. The van der Waals surface area contributed by atoms with Crippen LogP contribution in [0.2, 0.25) is 0 Å². The zero-order valence-electron chi connectivity index (χ0n) is 11.7. The molecule has 0 spiro atoms. The molecule has 0 amide bonds. The summed E-state index contributed by atoms with van der Waals surface area (Å²) < 4.78 is 12.9. The van der Waals surface area contributed by atoms with Gasteiger partial charge in [0.05, 0.1) is 0 Å². The van der Waals surface area contributed by atoms with Gasteiger partial charge < -0.3 is 15.5 Å². The van der Waals surface area contributed by atoms with Crippen molar-refractivity contribution in [2.45, 2.75) is 12.8 Å². The van der Waals surface area contributed by atoms with Crippen molar-refractivity contribution in [3.63, 3.8) is 0 Å². The molecule has 1 aromatic carbocycles. The van der Waals surface area contributed by atoms with E-state index in [0.717, 1.165) is 44.3 Å². The second-order valence-corrected chi connectivity index (χ2v) is 5.43. The smallest absolute Gasteiger partial charge is 0.123 e. The van der Waals surface area contributed by atoms with Gasteiger partial charge in [-0.3, -0.25) is 0 Å². The molecule has 2 rings (SSSR count). The molecule has 3 nitrogen and oxygen atoms in total. The number of hydrogen-bond donors (Lipinski definition) is 1. The van der Waals surface area contributed by atoms with Crippen LogP contribution in [-0.4, -0.2) is 44.7 Å². The van der Waals surface area contributed by atoms with Crippen molar-refractivity contribution in [1.29, 1.82) is 0 Å². The van der Waals surface area contributed by atoms with Crippen LogP contribution in [0.25, 0.3) is 0 Å². The maximum Gasteiger partial charge on any atom is 0.123 e. The molecule has 1 heterocycles. The van der Waals surface area contributed by atoms with E-state index in [9.17, 15) is 4.39 Å². The summed E-state index contributed by atoms with van der Waals surface area (Å²) in [5, 5.41) is 0. The highest BCUT2D eigenvalue weighted by atomic mass is 19.1. The van der Waals surface area contributed by atoms with E-state index in [0.29, 0.717) is 0 Å². The molecule has 0 saturated carbocycles. The van der Waals surface area contributed by atoms with Gasteiger partial charge in [-0.25, -0.2) is 4.39 Å². The molecule has 1 fully saturated rings. The molecule has 106 valence electrons. The van der Waals surface area contributed by atoms with Crippen LogP contribution in [-0.2, 0) is 0 Å². The summed E-state index contributed by atoms with van der Waals surface area (Å²) in [5.74, 6) is 0.552. The summed E-state index contributed by atoms with van der Waals surface area (Å²) in [4.78, 5) is 4.66. The molecular formula is C15H24FN3. The van der Waals surface area contributed by atoms with Crippen molar-refractivity contribution in [2.24, 2.45) is 11.7 Å². The van der Waals surface area contributed by atoms with Crippen molar-refractivity contribution in [1.82, 2.24) is 4.90 Å². The monoisotopic (exact) mass is 265 g/mol. The predicted octanol–water partition coefficient (Wildman–Crippen LogP) is 1.93. The van der Waals surface area contributed by atoms with Crippen molar-refractivity contribution in [3.8, 4) is 0 Å². The third-order valence-electron chi connectivity index (χ3n) is 3.95. The van der Waals surface area contributed by atoms with Crippen molar-refractivity contribution < 1.29 is 4.39 Å². The Balaban J connectivity index is 1.80. The molecule has 0 radical (unpaired) electrons. The Morgan fingerprint density at radius 1 is 1.26 bits per heavy atom. The Morgan fingerprint density at radius 3 is 2.47 bits per heavy atom. The number of nitrogens with two attached hydrogens (primary N) is 1. The van der Waals surface area contributed by atoms with Gasteiger partial charge in [0.1, 0.15) is 5.82 Å². The zero-order chi connectivity index (χ0) is 13.7. The van der Waals surface area contributed by atoms with Crippen LogP contribution in [0.1, 0.15) is 12.8 Å². The number of likely N-dealkylation sites (tertiary alicyclic amines) is 1. The lowest BCUT2D eigenvalue weighted by atomic mass is 9.96. The number of halogens is 1. The maximum absolute atomic E-state index is 12.9. The lowest BCUT2D eigenvalue weighted by Crippen LogP contribution is -2.39. The second kappa shape index (κ2) is 6.87. The third-order valence-corrected chi connectivity index (χ3v) is 3.95. The Bertz CT molecular complexity index is 371. The van der Waals surface area contributed by atoms with E-state index < -0.39 is 0 Å². The lowest BCUT2D eigenvalue weighted by molar-refractivity contribution is 0.191. The number of hydrogen-bond acceptors (Lipinski definition) is 3. The van der Waals surface area contributed by atoms with Crippen LogP contribution in [0.5, 0.6) is 0 Å². The lowest BCUT2D eigenvalue weighted by Gasteiger charge is -2.34. The molecule has 0 aromatic heterocycles. The summed E-state index contributed by atoms with van der Waals surface area (Å²) in [7, 11) is 2.08. The normalized spacial score (nSPS) is 17.6. The van der Waals surface area contributed by atoms with E-state index in [1.54, 1.807) is 0 Å². The summed E-state index contributed by atoms with van der Waals surface area (Å²) in [6, 6.07) is 6.74. The number of anilines is 1. The maximum atomic E-state index is 12.9. The molecule has 1 aliphatic rings. The predicted molar refractivity (Wildman–Crippen MR) is 77.9 cm³/mol. The van der Waals surface area contributed by atoms with Gasteiger partial charge in [0.15, 0.2) is 0 Å². The second-order valence-electron chi connectivity index (χ2n) is 5.43. The standard InChI is InChI=1S/C15H24FN3/c1-18(15-4-2-14(16)3-5-15)12-13-6-9-19(10-7-13)11-8-17/h2-5,13H,6-12,17H2,1H3. The highest BCUT2D eigenvalue weighted by Gasteiger charge is 2.19. The summed E-state index contributed by atoms with van der Waals surface area (Å²) in [5.41, 5.74) is 6.67. The largest absolute Gasteiger partial charge is 0.374 e. The average Bonchev–Trinajstić information content (AvgIpc) is 2.42. The molecule has 19 heavy (non-hydrogen) atoms. The molecule has 0 unspecified atom stereocenters. The van der Waals surface area contributed by atoms with Gasteiger partial charge in [-0.2, -0.15) is 0 Å². The van der Waals surface area contributed by atoms with Gasteiger partial charge in [-0.15, -0.1) is 0 Å². The van der Waals surface area contributed by atoms with Crippen LogP contribution >= 0.6 is 0 Å². The molecule has 0 bridgehead atoms. The number of rotatable bonds is 5. The first-order valence-electron chi connectivity index (χ1n) is 7.08. The van der Waals surface area contributed by atoms with E-state index >= 15 is 0 Å². The summed E-state index contributed by atoms with van der Waals surface area (Å²) in [6.07, 6.45) is 2.46. The molecule has 4 heteroatoms. The minimum absolute atomic E-state index is 0.174. The highest BCUT2D eigenvalue weighted by molar-refractivity contribution is 5.45. The zero-order valence-corrected chi connectivity index (χ0v) is 11.7. The molecule has 1 saturated heterocycles. The molecule has 1 aromatic rings. The van der Waals surface area contributed by atoms with Crippen LogP contribution < -0.4 is 10.6 Å². The third kappa shape index (κ3) is 4.18. The van der Waals surface area contributed by atoms with Crippen LogP contribution in [0.4, 0.5) is 10.1 Å². The van der Waals surface area contributed by atoms with E-state index in [2.05, 4.69) is 16.8 Å². The Hall–Kier alpha value is -1.13. The van der Waals surface area contributed by atoms with Crippen molar-refractivity contribution in [2.75, 3.05) is 44.7 Å². The highest BCUT2D eigenvalue weighted by Crippen LogP contribution is 2.21. The Morgan fingerprint density at radius 2 is 1.89 bits per heavy atom. The van der Waals surface area contributed by atoms with Crippen LogP contribution in [0, 0.1) is 11.7 Å². The van der Waals surface area contributed by atoms with E-state index in [4.69, 9.17) is 5.73 Å². The van der Waals surface area contributed by atoms with Gasteiger partial charge >= 0.3 is 0 Å². The first-order valence-corrected chi connectivity index (χ1v) is 7.08. The fourth-order valence-corrected chi connectivity index (χ4v) is 2.76. The summed E-state index contributed by atoms with van der Waals surface area (Å²) >= 11 is 0. The number of piperidine rings is 1. The van der Waals surface area contributed by atoms with Gasteiger partial charge in [0.25, 0.3) is 0 Å². The number of nitrogens with zero attached hydrogens (tertiary/aromatic N) is 2. The minimum atomic E-state index is -0.174. The molecular weight excluding hydrogens is 241 g/mol. The topological polar surface area (TPSA) is 32.5 Å². The fraction of sp³-hybridized carbons (Fsp3) is 0.600. The van der Waals surface area contributed by atoms with Crippen LogP contribution in [0.15, 0.2) is 24.3 Å². The van der Waals surface area contributed by atoms with E-state index in [1.165, 1.54) is 25.0 Å². The van der Waals surface area contributed by atoms with Crippen LogP contribution in [0.3, 0.4) is 0 Å². The van der Waals surface area contributed by atoms with Gasteiger partial charge in [-0.05, 0) is 56.1 Å². The number of benzene rings is 1. The fourth-order valence-electron chi connectivity index (χ4n) is 2.76. The van der Waals surface area contributed by atoms with Gasteiger partial charge in [-0.1, -0.05) is 0 Å². The van der Waals surface area contributed by atoms with Crippen molar-refractivity contribution in [3.05, 3.63) is 30.1 Å². The summed E-state index contributed by atoms with van der Waals surface area (Å²) in [6.45, 7) is 5.11. The van der Waals surface area contributed by atoms with E-state index in [1.807, 2.05) is 12.1 Å². The molecule has 0 atom stereocenters. The molecule has 0 aliphatic carbocycles. The molecule has 1 aliphatic heterocycles.